The fourth-order valence-corrected chi connectivity index (χ4v) is 3.27. The number of rotatable bonds is 8. The molecule has 0 saturated carbocycles. The van der Waals surface area contributed by atoms with Crippen molar-refractivity contribution in [3.8, 4) is 11.1 Å². The lowest BCUT2D eigenvalue weighted by Gasteiger charge is -2.09. The Labute approximate surface area is 181 Å². The van der Waals surface area contributed by atoms with Crippen LogP contribution < -0.4 is 0 Å². The van der Waals surface area contributed by atoms with Crippen molar-refractivity contribution in [3.05, 3.63) is 45.8 Å². The third-order valence-corrected chi connectivity index (χ3v) is 4.74. The second kappa shape index (κ2) is 9.77. The summed E-state index contributed by atoms with van der Waals surface area (Å²) in [5, 5.41) is 12.9. The van der Waals surface area contributed by atoms with Crippen LogP contribution in [0.4, 0.5) is 0 Å². The molecule has 0 bridgehead atoms. The number of halogens is 1. The minimum Gasteiger partial charge on any atom is -0.466 e. The molecule has 0 radical (unpaired) electrons. The molecule has 0 atom stereocenters. The fraction of sp³-hybridized carbons (Fsp3) is 0.350. The molecule has 0 amide bonds. The number of esters is 2. The zero-order valence-electron chi connectivity index (χ0n) is 16.8. The smallest absolute Gasteiger partial charge is 0.360 e. The van der Waals surface area contributed by atoms with E-state index >= 15 is 0 Å². The minimum atomic E-state index is -0.680. The topological polar surface area (TPSA) is 105 Å². The highest BCUT2D eigenvalue weighted by Gasteiger charge is 2.26. The molecule has 0 aliphatic rings. The van der Waals surface area contributed by atoms with Crippen molar-refractivity contribution in [1.82, 2.24) is 19.8 Å². The highest BCUT2D eigenvalue weighted by atomic mass is 79.9. The van der Waals surface area contributed by atoms with Crippen LogP contribution in [0.15, 0.2) is 28.7 Å². The van der Waals surface area contributed by atoms with Gasteiger partial charge < -0.3 is 14.2 Å². The number of fused-ring (bicyclic) bond motifs is 1. The molecule has 1 aromatic carbocycles. The maximum absolute atomic E-state index is 12.4. The largest absolute Gasteiger partial charge is 0.466 e. The molecule has 0 N–H and O–H groups in total. The highest BCUT2D eigenvalue weighted by Crippen LogP contribution is 2.30. The van der Waals surface area contributed by atoms with E-state index in [-0.39, 0.29) is 37.6 Å². The van der Waals surface area contributed by atoms with Crippen molar-refractivity contribution >= 4 is 33.5 Å². The summed E-state index contributed by atoms with van der Waals surface area (Å²) in [6.45, 7) is 3.98. The van der Waals surface area contributed by atoms with E-state index in [9.17, 15) is 9.59 Å². The van der Waals surface area contributed by atoms with Gasteiger partial charge in [0.1, 0.15) is 0 Å². The fourth-order valence-electron chi connectivity index (χ4n) is 3.00. The molecule has 0 aliphatic heterocycles. The Morgan fingerprint density at radius 2 is 1.77 bits per heavy atom. The Kier molecular flexibility index (Phi) is 7.11. The van der Waals surface area contributed by atoms with Crippen LogP contribution in [0.2, 0.25) is 0 Å². The molecular formula is C20H21BrN4O5. The van der Waals surface area contributed by atoms with Crippen LogP contribution in [0.1, 0.15) is 35.7 Å². The second-order valence-corrected chi connectivity index (χ2v) is 7.11. The molecule has 0 aliphatic carbocycles. The molecule has 158 valence electrons. The summed E-state index contributed by atoms with van der Waals surface area (Å²) in [6.07, 6.45) is -0.206. The van der Waals surface area contributed by atoms with Crippen LogP contribution in [-0.2, 0) is 32.0 Å². The van der Waals surface area contributed by atoms with Gasteiger partial charge in [-0.05, 0) is 31.5 Å². The number of nitrogens with zero attached hydrogens (tertiary/aromatic N) is 4. The van der Waals surface area contributed by atoms with Crippen LogP contribution in [0, 0.1) is 0 Å². The number of methoxy groups -OCH3 is 1. The number of benzene rings is 1. The monoisotopic (exact) mass is 476 g/mol. The SMILES string of the molecule is CCOC(=O)Cc1c(C(=O)OCC)nnc2c(-c3ccc(Br)cc3)c(COC)nn12. The maximum Gasteiger partial charge on any atom is 0.360 e. The predicted octanol–water partition coefficient (Wildman–Crippen LogP) is 2.98. The van der Waals surface area contributed by atoms with E-state index < -0.39 is 11.9 Å². The Bertz CT molecular complexity index is 1070. The zero-order chi connectivity index (χ0) is 21.7. The van der Waals surface area contributed by atoms with E-state index in [1.165, 1.54) is 4.52 Å². The number of aromatic nitrogens is 4. The number of hydrogen-bond acceptors (Lipinski definition) is 8. The van der Waals surface area contributed by atoms with Crippen molar-refractivity contribution in [2.45, 2.75) is 26.9 Å². The van der Waals surface area contributed by atoms with Crippen LogP contribution in [-0.4, -0.2) is 52.1 Å². The van der Waals surface area contributed by atoms with Gasteiger partial charge in [0.2, 0.25) is 0 Å². The Morgan fingerprint density at radius 3 is 2.40 bits per heavy atom. The first-order valence-electron chi connectivity index (χ1n) is 9.34. The normalized spacial score (nSPS) is 10.9. The van der Waals surface area contributed by atoms with Gasteiger partial charge in [0, 0.05) is 11.6 Å². The van der Waals surface area contributed by atoms with Crippen LogP contribution in [0.3, 0.4) is 0 Å². The van der Waals surface area contributed by atoms with Gasteiger partial charge in [0.25, 0.3) is 0 Å². The van der Waals surface area contributed by atoms with Crippen molar-refractivity contribution in [2.75, 3.05) is 20.3 Å². The summed E-state index contributed by atoms with van der Waals surface area (Å²) in [5.41, 5.74) is 2.72. The van der Waals surface area contributed by atoms with Crippen molar-refractivity contribution in [3.63, 3.8) is 0 Å². The molecular weight excluding hydrogens is 456 g/mol. The summed E-state index contributed by atoms with van der Waals surface area (Å²) >= 11 is 3.43. The average Bonchev–Trinajstić information content (AvgIpc) is 3.08. The van der Waals surface area contributed by atoms with E-state index in [4.69, 9.17) is 14.2 Å². The number of ether oxygens (including phenoxy) is 3. The predicted molar refractivity (Wildman–Crippen MR) is 111 cm³/mol. The molecule has 0 fully saturated rings. The van der Waals surface area contributed by atoms with Gasteiger partial charge in [-0.15, -0.1) is 10.2 Å². The van der Waals surface area contributed by atoms with Gasteiger partial charge in [0.15, 0.2) is 11.3 Å². The van der Waals surface area contributed by atoms with Gasteiger partial charge in [-0.3, -0.25) is 4.79 Å². The number of carbonyl (C=O) groups is 2. The third kappa shape index (κ3) is 4.49. The van der Waals surface area contributed by atoms with Crippen LogP contribution in [0.5, 0.6) is 0 Å². The number of carbonyl (C=O) groups excluding carboxylic acids is 2. The third-order valence-electron chi connectivity index (χ3n) is 4.21. The molecule has 10 heteroatoms. The quantitative estimate of drug-likeness (QED) is 0.456. The van der Waals surface area contributed by atoms with Crippen LogP contribution >= 0.6 is 15.9 Å². The Balaban J connectivity index is 2.25. The molecule has 2 heterocycles. The van der Waals surface area contributed by atoms with E-state index in [1.54, 1.807) is 21.0 Å². The van der Waals surface area contributed by atoms with E-state index in [1.807, 2.05) is 24.3 Å². The molecule has 30 heavy (non-hydrogen) atoms. The average molecular weight is 477 g/mol. The molecule has 0 saturated heterocycles. The Morgan fingerprint density at radius 1 is 1.07 bits per heavy atom. The summed E-state index contributed by atoms with van der Waals surface area (Å²) < 4.78 is 17.8. The standard InChI is InChI=1S/C20H21BrN4O5/c1-4-29-16(26)10-15-18(20(27)30-5-2)22-23-19-17(12-6-8-13(21)9-7-12)14(11-28-3)24-25(15)19/h6-9H,4-5,10-11H2,1-3H3. The molecule has 9 nitrogen and oxygen atoms in total. The molecule has 0 spiro atoms. The van der Waals surface area contributed by atoms with Crippen molar-refractivity contribution in [2.24, 2.45) is 0 Å². The van der Waals surface area contributed by atoms with Gasteiger partial charge >= 0.3 is 11.9 Å². The summed E-state index contributed by atoms with van der Waals surface area (Å²) in [4.78, 5) is 24.6. The molecule has 0 unspecified atom stereocenters. The van der Waals surface area contributed by atoms with Crippen LogP contribution in [0.25, 0.3) is 16.8 Å². The highest BCUT2D eigenvalue weighted by molar-refractivity contribution is 9.10. The van der Waals surface area contributed by atoms with Gasteiger partial charge in [-0.2, -0.15) is 5.10 Å². The van der Waals surface area contributed by atoms with E-state index in [0.29, 0.717) is 16.9 Å². The first-order chi connectivity index (χ1) is 14.5. The van der Waals surface area contributed by atoms with Crippen molar-refractivity contribution in [1.29, 1.82) is 0 Å². The van der Waals surface area contributed by atoms with Gasteiger partial charge in [-0.1, -0.05) is 28.1 Å². The number of hydrogen-bond donors (Lipinski definition) is 0. The molecule has 3 aromatic rings. The first-order valence-corrected chi connectivity index (χ1v) is 10.1. The Hall–Kier alpha value is -2.85. The second-order valence-electron chi connectivity index (χ2n) is 6.19. The summed E-state index contributed by atoms with van der Waals surface area (Å²) in [6, 6.07) is 7.61. The minimum absolute atomic E-state index is 0.0776. The lowest BCUT2D eigenvalue weighted by molar-refractivity contribution is -0.142. The summed E-state index contributed by atoms with van der Waals surface area (Å²) in [7, 11) is 1.56. The molecule has 3 rings (SSSR count). The van der Waals surface area contributed by atoms with E-state index in [2.05, 4.69) is 31.2 Å². The van der Waals surface area contributed by atoms with Gasteiger partial charge in [-0.25, -0.2) is 9.31 Å². The lowest BCUT2D eigenvalue weighted by atomic mass is 10.1. The molecule has 2 aromatic heterocycles. The lowest BCUT2D eigenvalue weighted by Crippen LogP contribution is -2.20. The first kappa shape index (κ1) is 21.8. The van der Waals surface area contributed by atoms with Gasteiger partial charge in [0.05, 0.1) is 43.2 Å². The van der Waals surface area contributed by atoms with E-state index in [0.717, 1.165) is 10.0 Å². The maximum atomic E-state index is 12.4. The summed E-state index contributed by atoms with van der Waals surface area (Å²) in [5.74, 6) is -1.19. The van der Waals surface area contributed by atoms with Crippen molar-refractivity contribution < 1.29 is 23.8 Å². The zero-order valence-corrected chi connectivity index (χ0v) is 18.4.